The first kappa shape index (κ1) is 17.8. The summed E-state index contributed by atoms with van der Waals surface area (Å²) in [6.45, 7) is 0.236. The van der Waals surface area contributed by atoms with Crippen LogP contribution in [0.15, 0.2) is 60.8 Å². The van der Waals surface area contributed by atoms with Gasteiger partial charge in [0.25, 0.3) is 5.91 Å². The Bertz CT molecular complexity index is 929. The quantitative estimate of drug-likeness (QED) is 0.682. The van der Waals surface area contributed by atoms with Gasteiger partial charge in [0.1, 0.15) is 23.0 Å². The molecule has 0 saturated heterocycles. The molecule has 0 aliphatic heterocycles. The fourth-order valence-electron chi connectivity index (χ4n) is 2.30. The van der Waals surface area contributed by atoms with Crippen LogP contribution in [0, 0.1) is 11.6 Å². The van der Waals surface area contributed by atoms with Gasteiger partial charge in [-0.3, -0.25) is 9.78 Å². The first-order valence-corrected chi connectivity index (χ1v) is 8.11. The van der Waals surface area contributed by atoms with Crippen LogP contribution in [0.25, 0.3) is 0 Å². The van der Waals surface area contributed by atoms with Gasteiger partial charge >= 0.3 is 0 Å². The Hall–Kier alpha value is -2.99. The lowest BCUT2D eigenvalue weighted by Gasteiger charge is -2.10. The minimum Gasteiger partial charge on any atom is -0.351 e. The second-order valence-electron chi connectivity index (χ2n) is 5.43. The number of hydrogen-bond donors (Lipinski definition) is 2. The Morgan fingerprint density at radius 2 is 1.77 bits per heavy atom. The van der Waals surface area contributed by atoms with Gasteiger partial charge in [0, 0.05) is 23.5 Å². The summed E-state index contributed by atoms with van der Waals surface area (Å²) in [6.07, 6.45) is 1.38. The van der Waals surface area contributed by atoms with Crippen molar-refractivity contribution in [3.8, 4) is 0 Å². The zero-order valence-corrected chi connectivity index (χ0v) is 14.2. The maximum Gasteiger partial charge on any atom is 0.270 e. The van der Waals surface area contributed by atoms with E-state index in [0.717, 1.165) is 17.7 Å². The molecule has 0 saturated carbocycles. The highest BCUT2D eigenvalue weighted by atomic mass is 35.5. The van der Waals surface area contributed by atoms with Crippen molar-refractivity contribution >= 4 is 28.9 Å². The molecule has 0 spiro atoms. The predicted molar refractivity (Wildman–Crippen MR) is 96.5 cm³/mol. The minimum absolute atomic E-state index is 0.110. The normalized spacial score (nSPS) is 10.4. The van der Waals surface area contributed by atoms with Gasteiger partial charge in [0.15, 0.2) is 0 Å². The van der Waals surface area contributed by atoms with Crippen molar-refractivity contribution in [1.82, 2.24) is 10.3 Å². The number of pyridine rings is 1. The average molecular weight is 374 g/mol. The van der Waals surface area contributed by atoms with Gasteiger partial charge in [-0.25, -0.2) is 8.78 Å². The van der Waals surface area contributed by atoms with E-state index >= 15 is 0 Å². The SMILES string of the molecule is O=C(NCc1ccccc1Cl)c1cc(Nc2c(F)cccc2F)ccn1. The number of hydrogen-bond acceptors (Lipinski definition) is 3. The maximum absolute atomic E-state index is 13.7. The molecule has 4 nitrogen and oxygen atoms in total. The lowest BCUT2D eigenvalue weighted by atomic mass is 10.2. The number of anilines is 2. The number of rotatable bonds is 5. The minimum atomic E-state index is -0.730. The number of amides is 1. The highest BCUT2D eigenvalue weighted by Crippen LogP contribution is 2.23. The first-order chi connectivity index (χ1) is 12.5. The van der Waals surface area contributed by atoms with E-state index in [9.17, 15) is 13.6 Å². The topological polar surface area (TPSA) is 54.0 Å². The Balaban J connectivity index is 1.72. The van der Waals surface area contributed by atoms with Crippen LogP contribution >= 0.6 is 11.6 Å². The number of aromatic nitrogens is 1. The van der Waals surface area contributed by atoms with Gasteiger partial charge in [0.2, 0.25) is 0 Å². The van der Waals surface area contributed by atoms with Crippen molar-refractivity contribution in [2.75, 3.05) is 5.32 Å². The lowest BCUT2D eigenvalue weighted by molar-refractivity contribution is 0.0946. The second-order valence-corrected chi connectivity index (χ2v) is 5.83. The zero-order chi connectivity index (χ0) is 18.5. The Kier molecular flexibility index (Phi) is 5.43. The summed E-state index contributed by atoms with van der Waals surface area (Å²) in [7, 11) is 0. The molecule has 0 fully saturated rings. The molecule has 26 heavy (non-hydrogen) atoms. The van der Waals surface area contributed by atoms with Crippen molar-refractivity contribution in [2.24, 2.45) is 0 Å². The number of nitrogens with zero attached hydrogens (tertiary/aromatic N) is 1. The van der Waals surface area contributed by atoms with Crippen LogP contribution in [0.4, 0.5) is 20.2 Å². The van der Waals surface area contributed by atoms with Gasteiger partial charge in [-0.15, -0.1) is 0 Å². The van der Waals surface area contributed by atoms with E-state index in [1.807, 2.05) is 6.07 Å². The molecule has 3 rings (SSSR count). The van der Waals surface area contributed by atoms with Crippen molar-refractivity contribution in [2.45, 2.75) is 6.54 Å². The number of nitrogens with one attached hydrogen (secondary N) is 2. The molecule has 132 valence electrons. The largest absolute Gasteiger partial charge is 0.351 e. The zero-order valence-electron chi connectivity index (χ0n) is 13.5. The molecule has 0 bridgehead atoms. The third-order valence-electron chi connectivity index (χ3n) is 3.62. The number of halogens is 3. The van der Waals surface area contributed by atoms with E-state index in [4.69, 9.17) is 11.6 Å². The highest BCUT2D eigenvalue weighted by Gasteiger charge is 2.12. The van der Waals surface area contributed by atoms with E-state index in [0.29, 0.717) is 10.7 Å². The Labute approximate surface area is 153 Å². The second kappa shape index (κ2) is 7.93. The van der Waals surface area contributed by atoms with E-state index in [1.54, 1.807) is 18.2 Å². The van der Waals surface area contributed by atoms with Gasteiger partial charge in [-0.1, -0.05) is 35.9 Å². The fraction of sp³-hybridized carbons (Fsp3) is 0.0526. The van der Waals surface area contributed by atoms with Crippen molar-refractivity contribution in [3.05, 3.63) is 88.7 Å². The van der Waals surface area contributed by atoms with Gasteiger partial charge in [0.05, 0.1) is 0 Å². The molecular formula is C19H14ClF2N3O. The molecule has 0 radical (unpaired) electrons. The summed E-state index contributed by atoms with van der Waals surface area (Å²) in [6, 6.07) is 13.6. The molecule has 1 amide bonds. The molecule has 2 N–H and O–H groups in total. The third kappa shape index (κ3) is 4.15. The molecule has 3 aromatic rings. The lowest BCUT2D eigenvalue weighted by Crippen LogP contribution is -2.24. The molecule has 0 aliphatic rings. The molecule has 7 heteroatoms. The number of carbonyl (C=O) groups is 1. The van der Waals surface area contributed by atoms with Gasteiger partial charge < -0.3 is 10.6 Å². The third-order valence-corrected chi connectivity index (χ3v) is 3.99. The molecule has 0 unspecified atom stereocenters. The van der Waals surface area contributed by atoms with Gasteiger partial charge in [-0.05, 0) is 35.9 Å². The van der Waals surface area contributed by atoms with Crippen molar-refractivity contribution < 1.29 is 13.6 Å². The van der Waals surface area contributed by atoms with Crippen molar-refractivity contribution in [1.29, 1.82) is 0 Å². The molecule has 2 aromatic carbocycles. The summed E-state index contributed by atoms with van der Waals surface area (Å²) < 4.78 is 27.5. The van der Waals surface area contributed by atoms with Crippen molar-refractivity contribution in [3.63, 3.8) is 0 Å². The van der Waals surface area contributed by atoms with Crippen LogP contribution in [0.5, 0.6) is 0 Å². The standard InChI is InChI=1S/C19H14ClF2N3O/c20-14-5-2-1-4-12(14)11-24-19(26)17-10-13(8-9-23-17)25-18-15(21)6-3-7-16(18)22/h1-10H,11H2,(H,23,25)(H,24,26). The molecule has 0 atom stereocenters. The van der Waals surface area contributed by atoms with Crippen LogP contribution in [0.1, 0.15) is 16.1 Å². The number of carbonyl (C=O) groups excluding carboxylic acids is 1. The van der Waals surface area contributed by atoms with E-state index in [2.05, 4.69) is 15.6 Å². The molecule has 1 aromatic heterocycles. The number of para-hydroxylation sites is 1. The van der Waals surface area contributed by atoms with Gasteiger partial charge in [-0.2, -0.15) is 0 Å². The molecule has 1 heterocycles. The van der Waals surface area contributed by atoms with E-state index < -0.39 is 17.5 Å². The highest BCUT2D eigenvalue weighted by molar-refractivity contribution is 6.31. The summed E-state index contributed by atoms with van der Waals surface area (Å²) in [5, 5.41) is 5.88. The summed E-state index contributed by atoms with van der Waals surface area (Å²) in [4.78, 5) is 16.3. The van der Waals surface area contributed by atoms with Crippen LogP contribution in [-0.4, -0.2) is 10.9 Å². The monoisotopic (exact) mass is 373 g/mol. The fourth-order valence-corrected chi connectivity index (χ4v) is 2.50. The van der Waals surface area contributed by atoms with Crippen LogP contribution in [0.2, 0.25) is 5.02 Å². The number of benzene rings is 2. The maximum atomic E-state index is 13.7. The van der Waals surface area contributed by atoms with Crippen LogP contribution in [0.3, 0.4) is 0 Å². The van der Waals surface area contributed by atoms with E-state index in [-0.39, 0.29) is 17.9 Å². The summed E-state index contributed by atoms with van der Waals surface area (Å²) in [5.74, 6) is -1.89. The Morgan fingerprint density at radius 3 is 2.50 bits per heavy atom. The predicted octanol–water partition coefficient (Wildman–Crippen LogP) is 4.69. The van der Waals surface area contributed by atoms with Crippen LogP contribution < -0.4 is 10.6 Å². The Morgan fingerprint density at radius 1 is 1.04 bits per heavy atom. The first-order valence-electron chi connectivity index (χ1n) is 7.73. The molecule has 0 aliphatic carbocycles. The van der Waals surface area contributed by atoms with Crippen LogP contribution in [-0.2, 0) is 6.54 Å². The smallest absolute Gasteiger partial charge is 0.270 e. The summed E-state index contributed by atoms with van der Waals surface area (Å²) >= 11 is 6.05. The van der Waals surface area contributed by atoms with E-state index in [1.165, 1.54) is 24.4 Å². The average Bonchev–Trinajstić information content (AvgIpc) is 2.64. The summed E-state index contributed by atoms with van der Waals surface area (Å²) in [5.41, 5.74) is 0.928. The molecular weight excluding hydrogens is 360 g/mol.